The number of halogens is 3. The average molecular weight is 410 g/mol. The number of furan rings is 1. The van der Waals surface area contributed by atoms with E-state index in [-0.39, 0.29) is 24.0 Å². The first-order chi connectivity index (χ1) is 13.9. The Bertz CT molecular complexity index is 823. The summed E-state index contributed by atoms with van der Waals surface area (Å²) in [5.41, 5.74) is 0.00362. The number of carbonyl (C=O) groups excluding carboxylic acids is 1. The van der Waals surface area contributed by atoms with E-state index < -0.39 is 24.2 Å². The molecule has 2 N–H and O–H groups in total. The maximum atomic E-state index is 13.7. The number of nitrogens with zero attached hydrogens (tertiary/aromatic N) is 2. The minimum absolute atomic E-state index is 0.00362. The molecule has 29 heavy (non-hydrogen) atoms. The molecule has 0 spiro atoms. The van der Waals surface area contributed by atoms with E-state index in [0.717, 1.165) is 43.2 Å². The lowest BCUT2D eigenvalue weighted by Crippen LogP contribution is -2.36. The SMILES string of the molecule is O=C(NC1CCCCCCC1)c1cc2n(n1)[C@H](C(F)(F)F)C[C@H](c1ccco1)N2. The monoisotopic (exact) mass is 410 g/mol. The van der Waals surface area contributed by atoms with Crippen molar-refractivity contribution in [3.05, 3.63) is 35.9 Å². The van der Waals surface area contributed by atoms with E-state index >= 15 is 0 Å². The first-order valence-electron chi connectivity index (χ1n) is 10.2. The van der Waals surface area contributed by atoms with Gasteiger partial charge in [0.05, 0.1) is 12.3 Å². The van der Waals surface area contributed by atoms with Gasteiger partial charge in [-0.05, 0) is 25.0 Å². The van der Waals surface area contributed by atoms with Gasteiger partial charge in [0.2, 0.25) is 0 Å². The maximum Gasteiger partial charge on any atom is 0.410 e. The number of alkyl halides is 3. The summed E-state index contributed by atoms with van der Waals surface area (Å²) in [7, 11) is 0. The normalized spacial score (nSPS) is 23.6. The molecular weight excluding hydrogens is 385 g/mol. The van der Waals surface area contributed by atoms with E-state index in [1.807, 2.05) is 0 Å². The van der Waals surface area contributed by atoms with Crippen LogP contribution in [-0.4, -0.2) is 27.9 Å². The number of amides is 1. The van der Waals surface area contributed by atoms with E-state index in [9.17, 15) is 18.0 Å². The molecule has 0 saturated heterocycles. The molecule has 0 unspecified atom stereocenters. The topological polar surface area (TPSA) is 72.1 Å². The molecule has 2 aliphatic rings. The highest BCUT2D eigenvalue weighted by atomic mass is 19.4. The van der Waals surface area contributed by atoms with Crippen molar-refractivity contribution in [1.29, 1.82) is 0 Å². The van der Waals surface area contributed by atoms with Crippen molar-refractivity contribution in [2.75, 3.05) is 5.32 Å². The van der Waals surface area contributed by atoms with Crippen LogP contribution < -0.4 is 10.6 Å². The molecule has 6 nitrogen and oxygen atoms in total. The Morgan fingerprint density at radius 2 is 1.93 bits per heavy atom. The zero-order valence-corrected chi connectivity index (χ0v) is 16.0. The smallest absolute Gasteiger partial charge is 0.410 e. The number of hydrogen-bond donors (Lipinski definition) is 2. The van der Waals surface area contributed by atoms with Crippen LogP contribution in [0.2, 0.25) is 0 Å². The number of nitrogens with one attached hydrogen (secondary N) is 2. The average Bonchev–Trinajstić information content (AvgIpc) is 3.31. The number of carbonyl (C=O) groups is 1. The Morgan fingerprint density at radius 3 is 2.59 bits per heavy atom. The van der Waals surface area contributed by atoms with Gasteiger partial charge < -0.3 is 15.1 Å². The number of aromatic nitrogens is 2. The molecule has 1 saturated carbocycles. The van der Waals surface area contributed by atoms with Gasteiger partial charge in [-0.1, -0.05) is 32.1 Å². The van der Waals surface area contributed by atoms with Crippen LogP contribution in [0.4, 0.5) is 19.0 Å². The lowest BCUT2D eigenvalue weighted by molar-refractivity contribution is -0.174. The third-order valence-corrected chi connectivity index (χ3v) is 5.75. The fraction of sp³-hybridized carbons (Fsp3) is 0.600. The molecule has 0 aromatic carbocycles. The maximum absolute atomic E-state index is 13.7. The predicted octanol–water partition coefficient (Wildman–Crippen LogP) is 4.98. The van der Waals surface area contributed by atoms with Crippen molar-refractivity contribution in [2.24, 2.45) is 0 Å². The van der Waals surface area contributed by atoms with Crippen LogP contribution in [0, 0.1) is 0 Å². The zero-order valence-electron chi connectivity index (χ0n) is 16.0. The van der Waals surface area contributed by atoms with Gasteiger partial charge in [-0.15, -0.1) is 0 Å². The number of anilines is 1. The Morgan fingerprint density at radius 1 is 1.21 bits per heavy atom. The van der Waals surface area contributed by atoms with E-state index in [4.69, 9.17) is 4.42 Å². The number of hydrogen-bond acceptors (Lipinski definition) is 4. The van der Waals surface area contributed by atoms with Gasteiger partial charge in [-0.2, -0.15) is 18.3 Å². The summed E-state index contributed by atoms with van der Waals surface area (Å²) in [5.74, 6) is 0.171. The van der Waals surface area contributed by atoms with Crippen molar-refractivity contribution in [3.8, 4) is 0 Å². The standard InChI is InChI=1S/C20H25F3N4O2/c21-20(22,23)17-11-14(16-9-6-10-29-16)25-18-12-15(26-27(17)18)19(28)24-13-7-4-2-1-3-5-8-13/h6,9-10,12-14,17,25H,1-5,7-8,11H2,(H,24,28)/t14-,17+/m1/s1. The second kappa shape index (κ2) is 8.12. The van der Waals surface area contributed by atoms with Crippen molar-refractivity contribution in [2.45, 2.75) is 75.7 Å². The van der Waals surface area contributed by atoms with Crippen molar-refractivity contribution < 1.29 is 22.4 Å². The van der Waals surface area contributed by atoms with E-state index in [0.29, 0.717) is 5.76 Å². The third kappa shape index (κ3) is 4.43. The van der Waals surface area contributed by atoms with Crippen LogP contribution in [0.1, 0.15) is 79.7 Å². The first-order valence-corrected chi connectivity index (χ1v) is 10.2. The lowest BCUT2D eigenvalue weighted by Gasteiger charge is -2.32. The molecule has 1 amide bonds. The van der Waals surface area contributed by atoms with Gasteiger partial charge in [0.1, 0.15) is 11.6 Å². The van der Waals surface area contributed by atoms with Gasteiger partial charge in [0.15, 0.2) is 11.7 Å². The highest BCUT2D eigenvalue weighted by Gasteiger charge is 2.47. The van der Waals surface area contributed by atoms with E-state index in [1.54, 1.807) is 12.1 Å². The van der Waals surface area contributed by atoms with Crippen molar-refractivity contribution >= 4 is 11.7 Å². The largest absolute Gasteiger partial charge is 0.467 e. The third-order valence-electron chi connectivity index (χ3n) is 5.75. The zero-order chi connectivity index (χ0) is 20.4. The summed E-state index contributed by atoms with van der Waals surface area (Å²) in [4.78, 5) is 12.7. The first kappa shape index (κ1) is 19.8. The summed E-state index contributed by atoms with van der Waals surface area (Å²) in [5, 5.41) is 10.0. The lowest BCUT2D eigenvalue weighted by atomic mass is 9.96. The van der Waals surface area contributed by atoms with E-state index in [1.165, 1.54) is 18.8 Å². The van der Waals surface area contributed by atoms with Crippen molar-refractivity contribution in [3.63, 3.8) is 0 Å². The number of rotatable bonds is 3. The van der Waals surface area contributed by atoms with Crippen LogP contribution in [0.15, 0.2) is 28.9 Å². The molecule has 0 bridgehead atoms. The molecule has 4 rings (SSSR count). The van der Waals surface area contributed by atoms with Crippen LogP contribution in [0.5, 0.6) is 0 Å². The van der Waals surface area contributed by atoms with Crippen LogP contribution in [0.3, 0.4) is 0 Å². The summed E-state index contributed by atoms with van der Waals surface area (Å²) >= 11 is 0. The molecule has 2 atom stereocenters. The van der Waals surface area contributed by atoms with Gasteiger partial charge in [0.25, 0.3) is 5.91 Å². The highest BCUT2D eigenvalue weighted by Crippen LogP contribution is 2.43. The molecule has 1 aliphatic carbocycles. The molecule has 2 aromatic rings. The Labute approximate surface area is 166 Å². The Hall–Kier alpha value is -2.45. The summed E-state index contributed by atoms with van der Waals surface area (Å²) < 4.78 is 47.2. The molecule has 2 aromatic heterocycles. The molecule has 9 heteroatoms. The minimum atomic E-state index is -4.49. The van der Waals surface area contributed by atoms with Gasteiger partial charge in [0, 0.05) is 18.5 Å². The van der Waals surface area contributed by atoms with Gasteiger partial charge in [-0.25, -0.2) is 4.68 Å². The molecule has 158 valence electrons. The van der Waals surface area contributed by atoms with Crippen LogP contribution >= 0.6 is 0 Å². The van der Waals surface area contributed by atoms with Gasteiger partial charge in [-0.3, -0.25) is 4.79 Å². The van der Waals surface area contributed by atoms with Crippen LogP contribution in [-0.2, 0) is 0 Å². The minimum Gasteiger partial charge on any atom is -0.467 e. The fourth-order valence-electron chi connectivity index (χ4n) is 4.22. The highest BCUT2D eigenvalue weighted by molar-refractivity contribution is 5.93. The van der Waals surface area contributed by atoms with Gasteiger partial charge >= 0.3 is 6.18 Å². The summed E-state index contributed by atoms with van der Waals surface area (Å²) in [6, 6.07) is 2.26. The summed E-state index contributed by atoms with van der Waals surface area (Å²) in [6.07, 6.45) is 4.09. The molecular formula is C20H25F3N4O2. The number of fused-ring (bicyclic) bond motifs is 1. The van der Waals surface area contributed by atoms with Crippen molar-refractivity contribution in [1.82, 2.24) is 15.1 Å². The molecule has 1 fully saturated rings. The fourth-order valence-corrected chi connectivity index (χ4v) is 4.22. The second-order valence-electron chi connectivity index (χ2n) is 7.88. The molecule has 1 aliphatic heterocycles. The second-order valence-corrected chi connectivity index (χ2v) is 7.88. The molecule has 3 heterocycles. The Balaban J connectivity index is 1.54. The molecule has 0 radical (unpaired) electrons. The van der Waals surface area contributed by atoms with E-state index in [2.05, 4.69) is 15.7 Å². The van der Waals surface area contributed by atoms with Crippen LogP contribution in [0.25, 0.3) is 0 Å². The quantitative estimate of drug-likeness (QED) is 0.749. The Kier molecular flexibility index (Phi) is 5.56. The summed E-state index contributed by atoms with van der Waals surface area (Å²) in [6.45, 7) is 0. The predicted molar refractivity (Wildman–Crippen MR) is 101 cm³/mol.